The van der Waals surface area contributed by atoms with Crippen molar-refractivity contribution in [1.29, 1.82) is 0 Å². The van der Waals surface area contributed by atoms with Crippen molar-refractivity contribution in [2.24, 2.45) is 0 Å². The van der Waals surface area contributed by atoms with Crippen molar-refractivity contribution >= 4 is 28.9 Å². The maximum absolute atomic E-state index is 14.0. The highest BCUT2D eigenvalue weighted by atomic mass is 32.1. The molecule has 1 aliphatic rings. The Morgan fingerprint density at radius 3 is 2.53 bits per heavy atom. The van der Waals surface area contributed by atoms with Gasteiger partial charge in [0.15, 0.2) is 5.11 Å². The summed E-state index contributed by atoms with van der Waals surface area (Å²) in [7, 11) is 0. The predicted octanol–water partition coefficient (Wildman–Crippen LogP) is 5.32. The Balaban J connectivity index is 1.47. The minimum atomic E-state index is -0.464. The standard InChI is InChI=1S/C28H26FN5OS/c1-19-14-15-24(34(19)20-9-3-2-4-10-20)27-26(23-13-7-8-17-30-23)32-28(36)33(27)18-16-25(35)31-22-12-6-5-11-21(22)29/h2-15,17,26-27H,16,18H2,1H3,(H,31,35)(H,32,36). The third kappa shape index (κ3) is 4.72. The van der Waals surface area contributed by atoms with Gasteiger partial charge < -0.3 is 20.1 Å². The van der Waals surface area contributed by atoms with Crippen molar-refractivity contribution in [2.75, 3.05) is 11.9 Å². The molecule has 1 fully saturated rings. The summed E-state index contributed by atoms with van der Waals surface area (Å²) in [5, 5.41) is 6.64. The number of hydrogen-bond acceptors (Lipinski definition) is 3. The number of thiocarbonyl (C=S) groups is 1. The van der Waals surface area contributed by atoms with E-state index in [4.69, 9.17) is 12.2 Å². The number of amides is 1. The molecule has 0 bridgehead atoms. The van der Waals surface area contributed by atoms with E-state index in [0.717, 1.165) is 22.8 Å². The van der Waals surface area contributed by atoms with E-state index in [-0.39, 0.29) is 30.1 Å². The summed E-state index contributed by atoms with van der Waals surface area (Å²) in [6.07, 6.45) is 1.91. The largest absolute Gasteiger partial charge is 0.352 e. The molecule has 0 spiro atoms. The van der Waals surface area contributed by atoms with E-state index >= 15 is 0 Å². The number of carbonyl (C=O) groups excluding carboxylic acids is 1. The van der Waals surface area contributed by atoms with Crippen LogP contribution in [-0.4, -0.2) is 32.0 Å². The molecule has 6 nitrogen and oxygen atoms in total. The highest BCUT2D eigenvalue weighted by Crippen LogP contribution is 2.40. The smallest absolute Gasteiger partial charge is 0.226 e. The van der Waals surface area contributed by atoms with Gasteiger partial charge >= 0.3 is 0 Å². The van der Waals surface area contributed by atoms with Gasteiger partial charge in [-0.05, 0) is 67.7 Å². The van der Waals surface area contributed by atoms with Crippen molar-refractivity contribution < 1.29 is 9.18 Å². The Hall–Kier alpha value is -4.04. The van der Waals surface area contributed by atoms with Crippen LogP contribution in [0.15, 0.2) is 91.1 Å². The van der Waals surface area contributed by atoms with Crippen LogP contribution in [0.1, 0.15) is 35.6 Å². The Morgan fingerprint density at radius 2 is 1.78 bits per heavy atom. The van der Waals surface area contributed by atoms with Gasteiger partial charge in [-0.15, -0.1) is 0 Å². The summed E-state index contributed by atoms with van der Waals surface area (Å²) in [6.45, 7) is 2.43. The molecule has 2 aromatic heterocycles. The van der Waals surface area contributed by atoms with Gasteiger partial charge in [-0.2, -0.15) is 0 Å². The molecular weight excluding hydrogens is 473 g/mol. The molecule has 1 aliphatic heterocycles. The number of para-hydroxylation sites is 2. The van der Waals surface area contributed by atoms with Gasteiger partial charge in [0.25, 0.3) is 0 Å². The Morgan fingerprint density at radius 1 is 1.03 bits per heavy atom. The lowest BCUT2D eigenvalue weighted by Gasteiger charge is -2.29. The van der Waals surface area contributed by atoms with Gasteiger partial charge in [-0.1, -0.05) is 36.4 Å². The van der Waals surface area contributed by atoms with E-state index in [2.05, 4.69) is 51.4 Å². The number of benzene rings is 2. The van der Waals surface area contributed by atoms with Crippen LogP contribution in [0.5, 0.6) is 0 Å². The third-order valence-electron chi connectivity index (χ3n) is 6.35. The minimum absolute atomic E-state index is 0.145. The molecular formula is C28H26FN5OS. The highest BCUT2D eigenvalue weighted by molar-refractivity contribution is 7.80. The topological polar surface area (TPSA) is 62.2 Å². The lowest BCUT2D eigenvalue weighted by Crippen LogP contribution is -2.33. The summed E-state index contributed by atoms with van der Waals surface area (Å²) in [4.78, 5) is 19.4. The van der Waals surface area contributed by atoms with Crippen LogP contribution in [0, 0.1) is 12.7 Å². The number of anilines is 1. The molecule has 0 radical (unpaired) electrons. The number of aromatic nitrogens is 2. The second kappa shape index (κ2) is 10.3. The molecule has 1 amide bonds. The first kappa shape index (κ1) is 23.7. The molecule has 5 rings (SSSR count). The molecule has 2 aromatic carbocycles. The van der Waals surface area contributed by atoms with Crippen LogP contribution >= 0.6 is 12.2 Å². The summed E-state index contributed by atoms with van der Waals surface area (Å²) < 4.78 is 16.2. The number of nitrogens with one attached hydrogen (secondary N) is 2. The minimum Gasteiger partial charge on any atom is -0.352 e. The predicted molar refractivity (Wildman–Crippen MR) is 142 cm³/mol. The molecule has 2 unspecified atom stereocenters. The number of hydrogen-bond donors (Lipinski definition) is 2. The lowest BCUT2D eigenvalue weighted by atomic mass is 10.0. The molecule has 3 heterocycles. The van der Waals surface area contributed by atoms with Gasteiger partial charge in [0.05, 0.1) is 23.5 Å². The van der Waals surface area contributed by atoms with E-state index in [1.807, 2.05) is 41.3 Å². The zero-order valence-electron chi connectivity index (χ0n) is 19.8. The summed E-state index contributed by atoms with van der Waals surface area (Å²) in [6, 6.07) is 25.9. The normalized spacial score (nSPS) is 17.2. The first-order chi connectivity index (χ1) is 17.5. The maximum Gasteiger partial charge on any atom is 0.226 e. The molecule has 2 N–H and O–H groups in total. The quantitative estimate of drug-likeness (QED) is 0.337. The number of rotatable bonds is 7. The highest BCUT2D eigenvalue weighted by Gasteiger charge is 2.41. The monoisotopic (exact) mass is 499 g/mol. The van der Waals surface area contributed by atoms with Crippen molar-refractivity contribution in [2.45, 2.75) is 25.4 Å². The van der Waals surface area contributed by atoms with Crippen LogP contribution in [0.25, 0.3) is 5.69 Å². The van der Waals surface area contributed by atoms with Crippen molar-refractivity contribution in [3.8, 4) is 5.69 Å². The van der Waals surface area contributed by atoms with E-state index < -0.39 is 5.82 Å². The Labute approximate surface area is 214 Å². The second-order valence-corrected chi connectivity index (χ2v) is 9.06. The molecule has 0 aliphatic carbocycles. The van der Waals surface area contributed by atoms with Crippen LogP contribution < -0.4 is 10.6 Å². The molecule has 36 heavy (non-hydrogen) atoms. The van der Waals surface area contributed by atoms with Gasteiger partial charge in [0.1, 0.15) is 5.82 Å². The second-order valence-electron chi connectivity index (χ2n) is 8.67. The molecule has 4 aromatic rings. The van der Waals surface area contributed by atoms with Gasteiger partial charge in [-0.25, -0.2) is 4.39 Å². The summed E-state index contributed by atoms with van der Waals surface area (Å²) in [5.41, 5.74) is 4.20. The molecule has 2 atom stereocenters. The van der Waals surface area contributed by atoms with Gasteiger partial charge in [0.2, 0.25) is 5.91 Å². The van der Waals surface area contributed by atoms with Crippen LogP contribution in [0.3, 0.4) is 0 Å². The fourth-order valence-corrected chi connectivity index (χ4v) is 5.02. The average molecular weight is 500 g/mol. The molecule has 8 heteroatoms. The van der Waals surface area contributed by atoms with Crippen molar-refractivity contribution in [3.63, 3.8) is 0 Å². The molecule has 182 valence electrons. The number of halogens is 1. The fourth-order valence-electron chi connectivity index (χ4n) is 4.68. The maximum atomic E-state index is 14.0. The SMILES string of the molecule is Cc1ccc(C2C(c3ccccn3)NC(=S)N2CCC(=O)Nc2ccccc2F)n1-c1ccccc1. The summed E-state index contributed by atoms with van der Waals surface area (Å²) in [5.74, 6) is -0.744. The van der Waals surface area contributed by atoms with Crippen LogP contribution in [-0.2, 0) is 4.79 Å². The van der Waals surface area contributed by atoms with E-state index in [0.29, 0.717) is 11.7 Å². The third-order valence-corrected chi connectivity index (χ3v) is 6.70. The van der Waals surface area contributed by atoms with Crippen LogP contribution in [0.2, 0.25) is 0 Å². The fraction of sp³-hybridized carbons (Fsp3) is 0.179. The van der Waals surface area contributed by atoms with Gasteiger partial charge in [-0.3, -0.25) is 9.78 Å². The molecule has 0 saturated carbocycles. The average Bonchev–Trinajstić information content (AvgIpc) is 3.44. The van der Waals surface area contributed by atoms with E-state index in [9.17, 15) is 9.18 Å². The Kier molecular flexibility index (Phi) is 6.77. The number of carbonyl (C=O) groups is 1. The van der Waals surface area contributed by atoms with Crippen molar-refractivity contribution in [3.05, 3.63) is 114 Å². The van der Waals surface area contributed by atoms with Crippen molar-refractivity contribution in [1.82, 2.24) is 19.8 Å². The van der Waals surface area contributed by atoms with E-state index in [1.165, 1.54) is 6.07 Å². The molecule has 1 saturated heterocycles. The zero-order chi connectivity index (χ0) is 25.1. The first-order valence-electron chi connectivity index (χ1n) is 11.8. The zero-order valence-corrected chi connectivity index (χ0v) is 20.6. The van der Waals surface area contributed by atoms with Gasteiger partial charge in [0, 0.05) is 36.2 Å². The summed E-state index contributed by atoms with van der Waals surface area (Å²) >= 11 is 5.75. The number of pyridine rings is 1. The lowest BCUT2D eigenvalue weighted by molar-refractivity contribution is -0.116. The number of aryl methyl sites for hydroxylation is 1. The van der Waals surface area contributed by atoms with Crippen LogP contribution in [0.4, 0.5) is 10.1 Å². The number of nitrogens with zero attached hydrogens (tertiary/aromatic N) is 3. The Bertz CT molecular complexity index is 1380. The van der Waals surface area contributed by atoms with E-state index in [1.54, 1.807) is 24.4 Å². The first-order valence-corrected chi connectivity index (χ1v) is 12.2.